The highest BCUT2D eigenvalue weighted by Gasteiger charge is 2.29. The fourth-order valence-electron chi connectivity index (χ4n) is 5.01. The van der Waals surface area contributed by atoms with Crippen LogP contribution < -0.4 is 16.0 Å². The summed E-state index contributed by atoms with van der Waals surface area (Å²) < 4.78 is 37.8. The third-order valence-corrected chi connectivity index (χ3v) is 7.50. The zero-order chi connectivity index (χ0) is 31.1. The molecule has 1 unspecified atom stereocenters. The number of nitrogens with zero attached hydrogens (tertiary/aromatic N) is 3. The van der Waals surface area contributed by atoms with Gasteiger partial charge < -0.3 is 20.9 Å². The van der Waals surface area contributed by atoms with E-state index in [2.05, 4.69) is 27.1 Å². The molecule has 0 radical (unpaired) electrons. The molecule has 0 saturated carbocycles. The summed E-state index contributed by atoms with van der Waals surface area (Å²) in [6.45, 7) is 7.60. The largest absolute Gasteiger partial charge is 0.416 e. The van der Waals surface area contributed by atoms with Crippen LogP contribution in [-0.4, -0.2) is 65.8 Å². The van der Waals surface area contributed by atoms with Gasteiger partial charge in [0.15, 0.2) is 0 Å². The minimum absolute atomic E-state index is 0.0119. The summed E-state index contributed by atoms with van der Waals surface area (Å²) in [6.07, 6.45) is 7.18. The number of aromatic nitrogens is 2. The minimum atomic E-state index is -4.22. The van der Waals surface area contributed by atoms with Gasteiger partial charge in [0.05, 0.1) is 23.3 Å². The van der Waals surface area contributed by atoms with Gasteiger partial charge in [-0.1, -0.05) is 36.2 Å². The second-order valence-electron chi connectivity index (χ2n) is 11.1. The van der Waals surface area contributed by atoms with Crippen LogP contribution in [0.1, 0.15) is 61.6 Å². The molecule has 8 nitrogen and oxygen atoms in total. The molecule has 3 aromatic rings. The lowest BCUT2D eigenvalue weighted by molar-refractivity contribution is -0.137. The van der Waals surface area contributed by atoms with Crippen LogP contribution >= 0.6 is 0 Å². The maximum absolute atomic E-state index is 12.0. The molecule has 4 heterocycles. The number of nitrogens with one attached hydrogen (secondary N) is 3. The summed E-state index contributed by atoms with van der Waals surface area (Å²) >= 11 is 0. The minimum Gasteiger partial charge on any atom is -0.351 e. The van der Waals surface area contributed by atoms with Crippen molar-refractivity contribution in [2.75, 3.05) is 32.7 Å². The topological polar surface area (TPSA) is 91.3 Å². The van der Waals surface area contributed by atoms with E-state index in [4.69, 9.17) is 0 Å². The van der Waals surface area contributed by atoms with E-state index in [1.165, 1.54) is 51.3 Å². The molecule has 1 aromatic heterocycles. The third kappa shape index (κ3) is 12.0. The molecule has 2 aromatic carbocycles. The number of rotatable bonds is 4. The van der Waals surface area contributed by atoms with E-state index < -0.39 is 11.7 Å². The molecule has 3 fully saturated rings. The molecule has 6 rings (SSSR count). The van der Waals surface area contributed by atoms with Gasteiger partial charge in [-0.25, -0.2) is 0 Å². The molecule has 3 saturated heterocycles. The first-order valence-electron chi connectivity index (χ1n) is 15.1. The molecule has 43 heavy (non-hydrogen) atoms. The first-order chi connectivity index (χ1) is 20.7. The average Bonchev–Trinajstić information content (AvgIpc) is 3.81. The number of hydrogen-bond donors (Lipinski definition) is 3. The van der Waals surface area contributed by atoms with Crippen molar-refractivity contribution in [1.29, 1.82) is 0 Å². The average molecular weight is 603 g/mol. The van der Waals surface area contributed by atoms with E-state index in [1.807, 2.05) is 30.1 Å². The Hall–Kier alpha value is -3.44. The highest BCUT2D eigenvalue weighted by molar-refractivity contribution is 5.82. The molecule has 0 bridgehead atoms. The molecule has 2 amide bonds. The van der Waals surface area contributed by atoms with E-state index >= 15 is 0 Å². The van der Waals surface area contributed by atoms with E-state index in [1.54, 1.807) is 17.9 Å². The summed E-state index contributed by atoms with van der Waals surface area (Å²) in [5.74, 6) is 0.101. The molecule has 3 aliphatic heterocycles. The third-order valence-electron chi connectivity index (χ3n) is 7.50. The molecule has 3 aliphatic rings. The van der Waals surface area contributed by atoms with Crippen molar-refractivity contribution in [1.82, 2.24) is 30.6 Å². The Balaban J connectivity index is 0.000000177. The maximum Gasteiger partial charge on any atom is 0.416 e. The fraction of sp³-hybridized carbons (Fsp3) is 0.531. The van der Waals surface area contributed by atoms with Gasteiger partial charge in [0.2, 0.25) is 12.3 Å². The van der Waals surface area contributed by atoms with Crippen molar-refractivity contribution in [2.24, 2.45) is 7.05 Å². The molecule has 0 aliphatic carbocycles. The Morgan fingerprint density at radius 2 is 1.77 bits per heavy atom. The number of fused-ring (bicyclic) bond motifs is 1. The van der Waals surface area contributed by atoms with Crippen molar-refractivity contribution in [3.63, 3.8) is 0 Å². The van der Waals surface area contributed by atoms with Gasteiger partial charge in [-0.2, -0.15) is 18.3 Å². The standard InChI is InChI=1S/C14H18N4O.C8H7F3.C5H9NO.C5H11N/c1-18-13-5-4-10(7-11(13)9-17-18)8-16-14(19)12-3-2-6-15-12;1-6-3-2-4-7(5-6)8(9,10)11;7-5-6-3-1-2-4-6;1-2-4-6-5-3-1/h4-5,7,9,12,15H,2-3,6,8H2,1H3,(H,16,19);2-5H,1H3;5H,1-4H2;6H,1-5H2. The summed E-state index contributed by atoms with van der Waals surface area (Å²) in [5.41, 5.74) is 2.25. The lowest BCUT2D eigenvalue weighted by atomic mass is 10.1. The van der Waals surface area contributed by atoms with Crippen LogP contribution in [0.4, 0.5) is 13.2 Å². The number of benzene rings is 2. The van der Waals surface area contributed by atoms with Crippen LogP contribution in [0.15, 0.2) is 48.7 Å². The Morgan fingerprint density at radius 1 is 1.02 bits per heavy atom. The molecule has 11 heteroatoms. The van der Waals surface area contributed by atoms with Crippen LogP contribution in [0.25, 0.3) is 10.9 Å². The summed E-state index contributed by atoms with van der Waals surface area (Å²) in [7, 11) is 1.93. The fourth-order valence-corrected chi connectivity index (χ4v) is 5.01. The molecular formula is C32H45F3N6O2. The van der Waals surface area contributed by atoms with E-state index in [0.29, 0.717) is 12.1 Å². The Kier molecular flexibility index (Phi) is 14.0. The number of piperidine rings is 1. The van der Waals surface area contributed by atoms with Crippen LogP contribution in [0, 0.1) is 6.92 Å². The second kappa shape index (κ2) is 17.6. The molecule has 236 valence electrons. The summed E-state index contributed by atoms with van der Waals surface area (Å²) in [4.78, 5) is 23.6. The van der Waals surface area contributed by atoms with Gasteiger partial charge in [0, 0.05) is 32.1 Å². The zero-order valence-corrected chi connectivity index (χ0v) is 25.3. The summed E-state index contributed by atoms with van der Waals surface area (Å²) in [6, 6.07) is 11.4. The lowest BCUT2D eigenvalue weighted by Gasteiger charge is -2.11. The number of carbonyl (C=O) groups is 2. The van der Waals surface area contributed by atoms with Gasteiger partial charge >= 0.3 is 6.18 Å². The smallest absolute Gasteiger partial charge is 0.351 e. The molecule has 1 atom stereocenters. The predicted octanol–water partition coefficient (Wildman–Crippen LogP) is 4.95. The highest BCUT2D eigenvalue weighted by Crippen LogP contribution is 2.29. The Bertz CT molecular complexity index is 1250. The molecule has 3 N–H and O–H groups in total. The van der Waals surface area contributed by atoms with Crippen molar-refractivity contribution in [3.8, 4) is 0 Å². The van der Waals surface area contributed by atoms with E-state index in [0.717, 1.165) is 67.5 Å². The van der Waals surface area contributed by atoms with Crippen LogP contribution in [0.5, 0.6) is 0 Å². The van der Waals surface area contributed by atoms with Crippen LogP contribution in [-0.2, 0) is 29.4 Å². The first kappa shape index (κ1) is 34.1. The summed E-state index contributed by atoms with van der Waals surface area (Å²) in [5, 5.41) is 14.8. The second-order valence-corrected chi connectivity index (χ2v) is 11.1. The van der Waals surface area contributed by atoms with Crippen LogP contribution in [0.2, 0.25) is 0 Å². The van der Waals surface area contributed by atoms with Crippen molar-refractivity contribution < 1.29 is 22.8 Å². The highest BCUT2D eigenvalue weighted by atomic mass is 19.4. The normalized spacial score (nSPS) is 18.0. The number of likely N-dealkylation sites (tertiary alicyclic amines) is 1. The Labute approximate surface area is 252 Å². The number of halogens is 3. The number of hydrogen-bond acceptors (Lipinski definition) is 5. The van der Waals surface area contributed by atoms with Crippen molar-refractivity contribution in [2.45, 2.75) is 70.6 Å². The predicted molar refractivity (Wildman–Crippen MR) is 163 cm³/mol. The van der Waals surface area contributed by atoms with Crippen molar-refractivity contribution in [3.05, 3.63) is 65.4 Å². The van der Waals surface area contributed by atoms with Gasteiger partial charge in [-0.3, -0.25) is 14.3 Å². The number of amides is 2. The lowest BCUT2D eigenvalue weighted by Crippen LogP contribution is -2.39. The van der Waals surface area contributed by atoms with E-state index in [-0.39, 0.29) is 11.9 Å². The monoisotopic (exact) mass is 602 g/mol. The van der Waals surface area contributed by atoms with Crippen LogP contribution in [0.3, 0.4) is 0 Å². The first-order valence-corrected chi connectivity index (χ1v) is 15.1. The number of alkyl halides is 3. The quantitative estimate of drug-likeness (QED) is 0.368. The number of aryl methyl sites for hydroxylation is 2. The van der Waals surface area contributed by atoms with Gasteiger partial charge in [-0.05, 0) is 88.8 Å². The van der Waals surface area contributed by atoms with Gasteiger partial charge in [-0.15, -0.1) is 0 Å². The Morgan fingerprint density at radius 3 is 2.28 bits per heavy atom. The van der Waals surface area contributed by atoms with Gasteiger partial charge in [0.25, 0.3) is 0 Å². The van der Waals surface area contributed by atoms with Crippen molar-refractivity contribution >= 4 is 23.2 Å². The molecule has 0 spiro atoms. The maximum atomic E-state index is 12.0. The van der Waals surface area contributed by atoms with Gasteiger partial charge in [0.1, 0.15) is 0 Å². The zero-order valence-electron chi connectivity index (χ0n) is 25.3. The SMILES string of the molecule is C1CCNCC1.Cc1cccc(C(F)(F)F)c1.Cn1ncc2cc(CNC(=O)C3CCCN3)ccc21.O=CN1CCCC1. The molecular weight excluding hydrogens is 557 g/mol. The van der Waals surface area contributed by atoms with E-state index in [9.17, 15) is 22.8 Å². The number of carbonyl (C=O) groups excluding carboxylic acids is 2.